The molecule has 2 nitrogen and oxygen atoms in total. The first-order valence-electron chi connectivity index (χ1n) is 6.37. The predicted octanol–water partition coefficient (Wildman–Crippen LogP) is 4.78. The summed E-state index contributed by atoms with van der Waals surface area (Å²) in [5, 5.41) is 3.15. The number of anilines is 1. The normalized spacial score (nSPS) is 10.8. The molecule has 3 rings (SSSR count). The third-order valence-electron chi connectivity index (χ3n) is 3.18. The summed E-state index contributed by atoms with van der Waals surface area (Å²) in [6.07, 6.45) is 0.378. The lowest BCUT2D eigenvalue weighted by Gasteiger charge is -2.03. The van der Waals surface area contributed by atoms with Crippen LogP contribution in [0.15, 0.2) is 47.8 Å². The van der Waals surface area contributed by atoms with Crippen LogP contribution in [0.3, 0.4) is 0 Å². The maximum Gasteiger partial charge on any atom is 0.128 e. The Hall–Kier alpha value is -1.91. The van der Waals surface area contributed by atoms with E-state index in [1.165, 1.54) is 17.4 Å². The summed E-state index contributed by atoms with van der Waals surface area (Å²) in [5.74, 6) is -0.307. The highest BCUT2D eigenvalue weighted by atomic mass is 35.5. The SMILES string of the molecule is Nc1ccccc1-c1csc(Cc2c(F)cccc2Cl)n1. The fraction of sp³-hybridized carbons (Fsp3) is 0.0625. The van der Waals surface area contributed by atoms with Crippen molar-refractivity contribution in [1.82, 2.24) is 4.98 Å². The van der Waals surface area contributed by atoms with E-state index in [-0.39, 0.29) is 5.82 Å². The zero-order valence-electron chi connectivity index (χ0n) is 11.0. The van der Waals surface area contributed by atoms with E-state index in [9.17, 15) is 4.39 Å². The second kappa shape index (κ2) is 5.84. The molecular formula is C16H12ClFN2S. The largest absolute Gasteiger partial charge is 0.398 e. The van der Waals surface area contributed by atoms with E-state index in [4.69, 9.17) is 17.3 Å². The Kier molecular flexibility index (Phi) is 3.90. The minimum absolute atomic E-state index is 0.307. The van der Waals surface area contributed by atoms with Gasteiger partial charge in [-0.2, -0.15) is 0 Å². The summed E-state index contributed by atoms with van der Waals surface area (Å²) in [4.78, 5) is 4.53. The molecule has 1 aromatic heterocycles. The van der Waals surface area contributed by atoms with Crippen LogP contribution in [0.4, 0.5) is 10.1 Å². The van der Waals surface area contributed by atoms with Crippen LogP contribution >= 0.6 is 22.9 Å². The Morgan fingerprint density at radius 1 is 1.14 bits per heavy atom. The first-order valence-corrected chi connectivity index (χ1v) is 7.63. The number of nitrogens with two attached hydrogens (primary N) is 1. The van der Waals surface area contributed by atoms with Crippen molar-refractivity contribution in [3.8, 4) is 11.3 Å². The van der Waals surface area contributed by atoms with Crippen molar-refractivity contribution < 1.29 is 4.39 Å². The molecule has 0 bridgehead atoms. The van der Waals surface area contributed by atoms with Crippen molar-refractivity contribution in [2.75, 3.05) is 5.73 Å². The van der Waals surface area contributed by atoms with Crippen molar-refractivity contribution in [3.63, 3.8) is 0 Å². The van der Waals surface area contributed by atoms with Gasteiger partial charge in [0.1, 0.15) is 5.82 Å². The van der Waals surface area contributed by atoms with Gasteiger partial charge >= 0.3 is 0 Å². The van der Waals surface area contributed by atoms with E-state index in [2.05, 4.69) is 4.98 Å². The first-order chi connectivity index (χ1) is 10.1. The molecule has 0 atom stereocenters. The highest BCUT2D eigenvalue weighted by Crippen LogP contribution is 2.29. The van der Waals surface area contributed by atoms with E-state index in [0.29, 0.717) is 22.7 Å². The van der Waals surface area contributed by atoms with Gasteiger partial charge in [-0.05, 0) is 18.2 Å². The molecule has 0 saturated carbocycles. The third-order valence-corrected chi connectivity index (χ3v) is 4.38. The molecule has 0 fully saturated rings. The minimum Gasteiger partial charge on any atom is -0.398 e. The molecule has 1 heterocycles. The Labute approximate surface area is 131 Å². The van der Waals surface area contributed by atoms with E-state index in [0.717, 1.165) is 16.3 Å². The molecule has 2 N–H and O–H groups in total. The Morgan fingerprint density at radius 2 is 1.95 bits per heavy atom. The van der Waals surface area contributed by atoms with Crippen LogP contribution in [0.5, 0.6) is 0 Å². The minimum atomic E-state index is -0.307. The number of hydrogen-bond acceptors (Lipinski definition) is 3. The number of halogens is 2. The van der Waals surface area contributed by atoms with Gasteiger partial charge in [-0.25, -0.2) is 9.37 Å². The van der Waals surface area contributed by atoms with Crippen LogP contribution in [-0.2, 0) is 6.42 Å². The zero-order valence-corrected chi connectivity index (χ0v) is 12.6. The van der Waals surface area contributed by atoms with E-state index in [1.807, 2.05) is 29.6 Å². The maximum atomic E-state index is 13.8. The molecule has 0 radical (unpaired) electrons. The second-order valence-electron chi connectivity index (χ2n) is 4.59. The van der Waals surface area contributed by atoms with Crippen molar-refractivity contribution in [2.24, 2.45) is 0 Å². The first kappa shape index (κ1) is 14.0. The summed E-state index contributed by atoms with van der Waals surface area (Å²) in [5.41, 5.74) is 8.79. The molecule has 0 unspecified atom stereocenters. The van der Waals surface area contributed by atoms with Crippen molar-refractivity contribution in [2.45, 2.75) is 6.42 Å². The van der Waals surface area contributed by atoms with Crippen LogP contribution in [0, 0.1) is 5.82 Å². The van der Waals surface area contributed by atoms with Crippen LogP contribution < -0.4 is 5.73 Å². The van der Waals surface area contributed by atoms with E-state index >= 15 is 0 Å². The third kappa shape index (κ3) is 2.91. The van der Waals surface area contributed by atoms with Gasteiger partial charge in [0.15, 0.2) is 0 Å². The molecule has 5 heteroatoms. The number of aromatic nitrogens is 1. The number of nitrogens with zero attached hydrogens (tertiary/aromatic N) is 1. The number of benzene rings is 2. The average molecular weight is 319 g/mol. The number of hydrogen-bond donors (Lipinski definition) is 1. The lowest BCUT2D eigenvalue weighted by atomic mass is 10.1. The maximum absolute atomic E-state index is 13.8. The van der Waals surface area contributed by atoms with E-state index in [1.54, 1.807) is 12.1 Å². The molecule has 3 aromatic rings. The molecule has 0 aliphatic heterocycles. The fourth-order valence-electron chi connectivity index (χ4n) is 2.10. The topological polar surface area (TPSA) is 38.9 Å². The quantitative estimate of drug-likeness (QED) is 0.706. The summed E-state index contributed by atoms with van der Waals surface area (Å²) in [6, 6.07) is 12.2. The van der Waals surface area contributed by atoms with Gasteiger partial charge in [0.05, 0.1) is 10.7 Å². The Bertz CT molecular complexity index is 765. The highest BCUT2D eigenvalue weighted by Gasteiger charge is 2.12. The molecule has 0 amide bonds. The molecule has 2 aromatic carbocycles. The number of rotatable bonds is 3. The molecule has 21 heavy (non-hydrogen) atoms. The van der Waals surface area contributed by atoms with Crippen LogP contribution in [0.1, 0.15) is 10.6 Å². The van der Waals surface area contributed by atoms with Crippen LogP contribution in [0.2, 0.25) is 5.02 Å². The van der Waals surface area contributed by atoms with Gasteiger partial charge in [-0.1, -0.05) is 35.9 Å². The van der Waals surface area contributed by atoms with Crippen LogP contribution in [-0.4, -0.2) is 4.98 Å². The summed E-state index contributed by atoms with van der Waals surface area (Å²) >= 11 is 7.52. The van der Waals surface area contributed by atoms with Crippen molar-refractivity contribution in [3.05, 3.63) is 69.3 Å². The van der Waals surface area contributed by atoms with Crippen LogP contribution in [0.25, 0.3) is 11.3 Å². The fourth-order valence-corrected chi connectivity index (χ4v) is 3.13. The van der Waals surface area contributed by atoms with Crippen molar-refractivity contribution in [1.29, 1.82) is 0 Å². The summed E-state index contributed by atoms with van der Waals surface area (Å²) < 4.78 is 13.8. The number of nitrogen functional groups attached to an aromatic ring is 1. The monoisotopic (exact) mass is 318 g/mol. The lowest BCUT2D eigenvalue weighted by molar-refractivity contribution is 0.614. The standard InChI is InChI=1S/C16H12ClFN2S/c17-12-5-3-6-13(18)11(12)8-16-20-15(9-21-16)10-4-1-2-7-14(10)19/h1-7,9H,8,19H2. The number of para-hydroxylation sites is 1. The molecule has 106 valence electrons. The molecule has 0 aliphatic carbocycles. The molecule has 0 saturated heterocycles. The molecular weight excluding hydrogens is 307 g/mol. The predicted molar refractivity (Wildman–Crippen MR) is 86.2 cm³/mol. The Morgan fingerprint density at radius 3 is 2.71 bits per heavy atom. The summed E-state index contributed by atoms with van der Waals surface area (Å²) in [6.45, 7) is 0. The zero-order chi connectivity index (χ0) is 14.8. The van der Waals surface area contributed by atoms with E-state index < -0.39 is 0 Å². The van der Waals surface area contributed by atoms with Gasteiger partial charge in [-0.15, -0.1) is 11.3 Å². The van der Waals surface area contributed by atoms with Crippen molar-refractivity contribution >= 4 is 28.6 Å². The Balaban J connectivity index is 1.91. The average Bonchev–Trinajstić information content (AvgIpc) is 2.92. The highest BCUT2D eigenvalue weighted by molar-refractivity contribution is 7.10. The summed E-state index contributed by atoms with van der Waals surface area (Å²) in [7, 11) is 0. The number of thiazole rings is 1. The van der Waals surface area contributed by atoms with Gasteiger partial charge < -0.3 is 5.73 Å². The lowest BCUT2D eigenvalue weighted by Crippen LogP contribution is -1.94. The van der Waals surface area contributed by atoms with Gasteiger partial charge in [-0.3, -0.25) is 0 Å². The van der Waals surface area contributed by atoms with Gasteiger partial charge in [0, 0.05) is 33.6 Å². The second-order valence-corrected chi connectivity index (χ2v) is 5.94. The molecule has 0 aliphatic rings. The smallest absolute Gasteiger partial charge is 0.128 e. The molecule has 0 spiro atoms. The van der Waals surface area contributed by atoms with Gasteiger partial charge in [0.25, 0.3) is 0 Å². The van der Waals surface area contributed by atoms with Gasteiger partial charge in [0.2, 0.25) is 0 Å².